The van der Waals surface area contributed by atoms with E-state index in [2.05, 4.69) is 9.72 Å². The third-order valence-electron chi connectivity index (χ3n) is 3.17. The third kappa shape index (κ3) is 3.58. The zero-order valence-corrected chi connectivity index (χ0v) is 12.2. The lowest BCUT2D eigenvalue weighted by molar-refractivity contribution is -0.134. The van der Waals surface area contributed by atoms with E-state index < -0.39 is 11.9 Å². The topological polar surface area (TPSA) is 76.5 Å². The standard InChI is InChI=1S/C17H15NO4/c1-11(6-16(19)22-2)14-8-15(10-18-9-14)12-4-3-5-13(7-12)17(20)21/h3-10H,1-2H3,(H,20,21)/b11-6+. The SMILES string of the molecule is COC(=O)/C=C(\C)c1cncc(-c2cccc(C(=O)O)c2)c1. The van der Waals surface area contributed by atoms with Crippen molar-refractivity contribution in [2.75, 3.05) is 7.11 Å². The van der Waals surface area contributed by atoms with Gasteiger partial charge in [-0.15, -0.1) is 0 Å². The van der Waals surface area contributed by atoms with Gasteiger partial charge in [0.15, 0.2) is 0 Å². The highest BCUT2D eigenvalue weighted by atomic mass is 16.5. The molecule has 0 aliphatic heterocycles. The smallest absolute Gasteiger partial charge is 0.335 e. The van der Waals surface area contributed by atoms with Crippen molar-refractivity contribution in [1.29, 1.82) is 0 Å². The van der Waals surface area contributed by atoms with E-state index in [1.54, 1.807) is 31.5 Å². The summed E-state index contributed by atoms with van der Waals surface area (Å²) in [4.78, 5) is 26.5. The summed E-state index contributed by atoms with van der Waals surface area (Å²) in [5, 5.41) is 9.05. The fourth-order valence-electron chi connectivity index (χ4n) is 1.96. The number of esters is 1. The predicted molar refractivity (Wildman–Crippen MR) is 82.3 cm³/mol. The van der Waals surface area contributed by atoms with Gasteiger partial charge in [0.25, 0.3) is 0 Å². The molecule has 1 aromatic heterocycles. The number of aromatic carboxylic acids is 1. The molecule has 22 heavy (non-hydrogen) atoms. The van der Waals surface area contributed by atoms with Gasteiger partial charge >= 0.3 is 11.9 Å². The number of ether oxygens (including phenoxy) is 1. The van der Waals surface area contributed by atoms with Crippen LogP contribution in [0.15, 0.2) is 48.8 Å². The Kier molecular flexibility index (Phi) is 4.68. The largest absolute Gasteiger partial charge is 0.478 e. The zero-order valence-electron chi connectivity index (χ0n) is 12.2. The second-order valence-electron chi connectivity index (χ2n) is 4.70. The molecule has 1 aromatic carbocycles. The normalized spacial score (nSPS) is 11.1. The first-order valence-electron chi connectivity index (χ1n) is 6.56. The van der Waals surface area contributed by atoms with Gasteiger partial charge in [0, 0.05) is 24.0 Å². The summed E-state index contributed by atoms with van der Waals surface area (Å²) in [5.74, 6) is -1.41. The van der Waals surface area contributed by atoms with Crippen LogP contribution in [-0.2, 0) is 9.53 Å². The van der Waals surface area contributed by atoms with Crippen LogP contribution in [0.3, 0.4) is 0 Å². The fourth-order valence-corrected chi connectivity index (χ4v) is 1.96. The van der Waals surface area contributed by atoms with E-state index in [9.17, 15) is 9.59 Å². The molecule has 0 radical (unpaired) electrons. The van der Waals surface area contributed by atoms with Crippen molar-refractivity contribution in [3.63, 3.8) is 0 Å². The number of allylic oxidation sites excluding steroid dienone is 1. The summed E-state index contributed by atoms with van der Waals surface area (Å²) in [5.41, 5.74) is 3.22. The highest BCUT2D eigenvalue weighted by Crippen LogP contribution is 2.23. The van der Waals surface area contributed by atoms with E-state index in [1.807, 2.05) is 12.1 Å². The Balaban J connectivity index is 2.40. The maximum absolute atomic E-state index is 11.3. The molecule has 2 rings (SSSR count). The lowest BCUT2D eigenvalue weighted by Crippen LogP contribution is -1.97. The van der Waals surface area contributed by atoms with Crippen LogP contribution in [0.2, 0.25) is 0 Å². The first-order chi connectivity index (χ1) is 10.5. The van der Waals surface area contributed by atoms with Gasteiger partial charge in [-0.25, -0.2) is 9.59 Å². The number of carbonyl (C=O) groups excluding carboxylic acids is 1. The summed E-state index contributed by atoms with van der Waals surface area (Å²) in [6, 6.07) is 8.46. The summed E-state index contributed by atoms with van der Waals surface area (Å²) in [7, 11) is 1.32. The monoisotopic (exact) mass is 297 g/mol. The number of hydrogen-bond donors (Lipinski definition) is 1. The lowest BCUT2D eigenvalue weighted by atomic mass is 10.0. The number of nitrogens with zero attached hydrogens (tertiary/aromatic N) is 1. The van der Waals surface area contributed by atoms with Crippen molar-refractivity contribution in [3.8, 4) is 11.1 Å². The van der Waals surface area contributed by atoms with Crippen molar-refractivity contribution in [2.45, 2.75) is 6.92 Å². The minimum Gasteiger partial charge on any atom is -0.478 e. The van der Waals surface area contributed by atoms with Gasteiger partial charge in [-0.1, -0.05) is 12.1 Å². The molecule has 0 bridgehead atoms. The number of aromatic nitrogens is 1. The Labute approximate surface area is 127 Å². The molecule has 5 heteroatoms. The first-order valence-corrected chi connectivity index (χ1v) is 6.56. The minimum absolute atomic E-state index is 0.213. The molecular formula is C17H15NO4. The maximum atomic E-state index is 11.3. The number of pyridine rings is 1. The number of hydrogen-bond acceptors (Lipinski definition) is 4. The van der Waals surface area contributed by atoms with E-state index in [0.717, 1.165) is 22.3 Å². The molecule has 0 aliphatic carbocycles. The molecule has 2 aromatic rings. The predicted octanol–water partition coefficient (Wildman–Crippen LogP) is 3.02. The summed E-state index contributed by atoms with van der Waals surface area (Å²) in [6.07, 6.45) is 4.67. The van der Waals surface area contributed by atoms with Crippen LogP contribution in [0.4, 0.5) is 0 Å². The summed E-state index contributed by atoms with van der Waals surface area (Å²) < 4.78 is 4.60. The Morgan fingerprint density at radius 3 is 2.55 bits per heavy atom. The third-order valence-corrected chi connectivity index (χ3v) is 3.17. The van der Waals surface area contributed by atoms with Crippen LogP contribution in [0, 0.1) is 0 Å². The Morgan fingerprint density at radius 2 is 1.86 bits per heavy atom. The van der Waals surface area contributed by atoms with Crippen LogP contribution < -0.4 is 0 Å². The number of carboxylic acid groups (broad SMARTS) is 1. The average Bonchev–Trinajstić information content (AvgIpc) is 2.54. The number of carboxylic acids is 1. The quantitative estimate of drug-likeness (QED) is 0.693. The molecule has 0 unspecified atom stereocenters. The highest BCUT2D eigenvalue weighted by molar-refractivity contribution is 5.91. The highest BCUT2D eigenvalue weighted by Gasteiger charge is 2.07. The molecule has 0 fully saturated rings. The molecule has 0 spiro atoms. The minimum atomic E-state index is -0.979. The molecule has 0 saturated carbocycles. The van der Waals surface area contributed by atoms with Gasteiger partial charge in [-0.3, -0.25) is 4.98 Å². The van der Waals surface area contributed by atoms with Gasteiger partial charge in [-0.2, -0.15) is 0 Å². The molecule has 112 valence electrons. The molecule has 0 aliphatic rings. The Bertz CT molecular complexity index is 750. The van der Waals surface area contributed by atoms with E-state index in [4.69, 9.17) is 5.11 Å². The summed E-state index contributed by atoms with van der Waals surface area (Å²) >= 11 is 0. The van der Waals surface area contributed by atoms with Crippen molar-refractivity contribution in [1.82, 2.24) is 4.98 Å². The maximum Gasteiger partial charge on any atom is 0.335 e. The Hall–Kier alpha value is -2.95. The van der Waals surface area contributed by atoms with Crippen molar-refractivity contribution >= 4 is 17.5 Å². The van der Waals surface area contributed by atoms with Gasteiger partial charge < -0.3 is 9.84 Å². The lowest BCUT2D eigenvalue weighted by Gasteiger charge is -2.06. The van der Waals surface area contributed by atoms with Crippen molar-refractivity contribution in [3.05, 3.63) is 59.9 Å². The molecular weight excluding hydrogens is 282 g/mol. The van der Waals surface area contributed by atoms with Gasteiger partial charge in [0.1, 0.15) is 0 Å². The van der Waals surface area contributed by atoms with Gasteiger partial charge in [0.2, 0.25) is 0 Å². The molecule has 0 amide bonds. The van der Waals surface area contributed by atoms with Crippen LogP contribution >= 0.6 is 0 Å². The average molecular weight is 297 g/mol. The number of methoxy groups -OCH3 is 1. The van der Waals surface area contributed by atoms with Crippen LogP contribution in [0.5, 0.6) is 0 Å². The molecule has 5 nitrogen and oxygen atoms in total. The van der Waals surface area contributed by atoms with Crippen LogP contribution in [0.25, 0.3) is 16.7 Å². The van der Waals surface area contributed by atoms with Crippen molar-refractivity contribution in [2.24, 2.45) is 0 Å². The Morgan fingerprint density at radius 1 is 1.14 bits per heavy atom. The van der Waals surface area contributed by atoms with Gasteiger partial charge in [0.05, 0.1) is 12.7 Å². The fraction of sp³-hybridized carbons (Fsp3) is 0.118. The van der Waals surface area contributed by atoms with Crippen LogP contribution in [0.1, 0.15) is 22.8 Å². The molecule has 1 N–H and O–H groups in total. The molecule has 0 saturated heterocycles. The van der Waals surface area contributed by atoms with E-state index in [-0.39, 0.29) is 5.56 Å². The van der Waals surface area contributed by atoms with Crippen LogP contribution in [-0.4, -0.2) is 29.1 Å². The second-order valence-corrected chi connectivity index (χ2v) is 4.70. The number of rotatable bonds is 4. The first kappa shape index (κ1) is 15.4. The van der Waals surface area contributed by atoms with E-state index in [1.165, 1.54) is 19.3 Å². The number of benzene rings is 1. The zero-order chi connectivity index (χ0) is 16.1. The van der Waals surface area contributed by atoms with E-state index in [0.29, 0.717) is 0 Å². The second kappa shape index (κ2) is 6.67. The van der Waals surface area contributed by atoms with Gasteiger partial charge in [-0.05, 0) is 41.8 Å². The summed E-state index contributed by atoms with van der Waals surface area (Å²) in [6.45, 7) is 1.78. The van der Waals surface area contributed by atoms with Crippen molar-refractivity contribution < 1.29 is 19.4 Å². The van der Waals surface area contributed by atoms with E-state index >= 15 is 0 Å². The molecule has 0 atom stereocenters. The number of carbonyl (C=O) groups is 2. The molecule has 1 heterocycles.